The number of urea groups is 1. The number of rotatable bonds is 4. The van der Waals surface area contributed by atoms with Gasteiger partial charge in [0.25, 0.3) is 0 Å². The van der Waals surface area contributed by atoms with E-state index < -0.39 is 0 Å². The van der Waals surface area contributed by atoms with Crippen LogP contribution in [0.5, 0.6) is 0 Å². The van der Waals surface area contributed by atoms with Gasteiger partial charge in [-0.25, -0.2) is 4.79 Å². The third-order valence-corrected chi connectivity index (χ3v) is 1.69. The molecule has 0 aliphatic heterocycles. The topological polar surface area (TPSA) is 58.2 Å². The highest BCUT2D eigenvalue weighted by Crippen LogP contribution is 2.08. The van der Waals surface area contributed by atoms with Crippen LogP contribution in [0.25, 0.3) is 0 Å². The van der Waals surface area contributed by atoms with Crippen molar-refractivity contribution in [2.24, 2.45) is 0 Å². The van der Waals surface area contributed by atoms with E-state index in [0.29, 0.717) is 17.8 Å². The van der Waals surface area contributed by atoms with Crippen molar-refractivity contribution in [3.63, 3.8) is 0 Å². The van der Waals surface area contributed by atoms with E-state index in [4.69, 9.17) is 0 Å². The maximum Gasteiger partial charge on any atom is 0.319 e. The Hall–Kier alpha value is -2.10. The van der Waals surface area contributed by atoms with Crippen LogP contribution in [0.3, 0.4) is 0 Å². The largest absolute Gasteiger partial charge is 0.334 e. The van der Waals surface area contributed by atoms with E-state index >= 15 is 0 Å². The van der Waals surface area contributed by atoms with Crippen LogP contribution in [-0.2, 0) is 0 Å². The lowest BCUT2D eigenvalue weighted by Gasteiger charge is -2.05. The molecular formula is C11H12N2O2. The summed E-state index contributed by atoms with van der Waals surface area (Å²) >= 11 is 0. The van der Waals surface area contributed by atoms with Gasteiger partial charge in [-0.05, 0) is 12.1 Å². The monoisotopic (exact) mass is 204 g/mol. The van der Waals surface area contributed by atoms with Gasteiger partial charge in [0.05, 0.1) is 0 Å². The minimum absolute atomic E-state index is 0.321. The SMILES string of the molecule is C=CCNC(=O)Nc1cccc(C=O)c1. The van der Waals surface area contributed by atoms with E-state index in [1.807, 2.05) is 0 Å². The van der Waals surface area contributed by atoms with Gasteiger partial charge in [-0.3, -0.25) is 4.79 Å². The molecule has 0 atom stereocenters. The number of hydrogen-bond donors (Lipinski definition) is 2. The second kappa shape index (κ2) is 5.59. The predicted molar refractivity (Wildman–Crippen MR) is 59.0 cm³/mol. The van der Waals surface area contributed by atoms with Crippen molar-refractivity contribution in [2.45, 2.75) is 0 Å². The molecule has 0 saturated carbocycles. The van der Waals surface area contributed by atoms with Gasteiger partial charge < -0.3 is 10.6 Å². The highest BCUT2D eigenvalue weighted by molar-refractivity contribution is 5.90. The molecule has 0 aromatic heterocycles. The number of anilines is 1. The first-order chi connectivity index (χ1) is 7.26. The minimum Gasteiger partial charge on any atom is -0.334 e. The van der Waals surface area contributed by atoms with Crippen LogP contribution in [0, 0.1) is 0 Å². The Morgan fingerprint density at radius 3 is 2.93 bits per heavy atom. The van der Waals surface area contributed by atoms with Crippen molar-refractivity contribution in [2.75, 3.05) is 11.9 Å². The van der Waals surface area contributed by atoms with Crippen LogP contribution >= 0.6 is 0 Å². The average Bonchev–Trinajstić information content (AvgIpc) is 2.26. The smallest absolute Gasteiger partial charge is 0.319 e. The van der Waals surface area contributed by atoms with Gasteiger partial charge in [-0.2, -0.15) is 0 Å². The van der Waals surface area contributed by atoms with Crippen molar-refractivity contribution in [3.8, 4) is 0 Å². The first-order valence-electron chi connectivity index (χ1n) is 4.47. The molecule has 0 unspecified atom stereocenters. The molecule has 1 rings (SSSR count). The number of aldehydes is 1. The molecule has 2 amide bonds. The van der Waals surface area contributed by atoms with E-state index in [2.05, 4.69) is 17.2 Å². The molecule has 1 aromatic carbocycles. The number of carbonyl (C=O) groups is 2. The summed E-state index contributed by atoms with van der Waals surface area (Å²) in [6, 6.07) is 6.35. The second-order valence-electron chi connectivity index (χ2n) is 2.87. The molecule has 4 heteroatoms. The highest BCUT2D eigenvalue weighted by Gasteiger charge is 1.99. The molecule has 0 radical (unpaired) electrons. The van der Waals surface area contributed by atoms with Gasteiger partial charge in [0.1, 0.15) is 6.29 Å². The Morgan fingerprint density at radius 1 is 1.47 bits per heavy atom. The van der Waals surface area contributed by atoms with Crippen LogP contribution in [0.1, 0.15) is 10.4 Å². The minimum atomic E-state index is -0.321. The third-order valence-electron chi connectivity index (χ3n) is 1.69. The summed E-state index contributed by atoms with van der Waals surface area (Å²) in [6.45, 7) is 3.88. The lowest BCUT2D eigenvalue weighted by atomic mass is 10.2. The molecule has 0 bridgehead atoms. The summed E-state index contributed by atoms with van der Waals surface area (Å²) in [5.41, 5.74) is 1.11. The molecule has 15 heavy (non-hydrogen) atoms. The van der Waals surface area contributed by atoms with Gasteiger partial charge in [0, 0.05) is 17.8 Å². The molecule has 0 aliphatic carbocycles. The van der Waals surface area contributed by atoms with E-state index in [0.717, 1.165) is 6.29 Å². The van der Waals surface area contributed by atoms with Gasteiger partial charge in [-0.15, -0.1) is 6.58 Å². The van der Waals surface area contributed by atoms with Crippen LogP contribution in [0.4, 0.5) is 10.5 Å². The third kappa shape index (κ3) is 3.64. The zero-order chi connectivity index (χ0) is 11.1. The van der Waals surface area contributed by atoms with Crippen LogP contribution in [0.2, 0.25) is 0 Å². The van der Waals surface area contributed by atoms with Crippen LogP contribution < -0.4 is 10.6 Å². The van der Waals surface area contributed by atoms with Crippen molar-refractivity contribution < 1.29 is 9.59 Å². The fourth-order valence-corrected chi connectivity index (χ4v) is 1.03. The first-order valence-corrected chi connectivity index (χ1v) is 4.47. The van der Waals surface area contributed by atoms with Crippen molar-refractivity contribution >= 4 is 18.0 Å². The molecule has 0 aliphatic rings. The number of carbonyl (C=O) groups excluding carboxylic acids is 2. The Morgan fingerprint density at radius 2 is 2.27 bits per heavy atom. The maximum atomic E-state index is 11.2. The Balaban J connectivity index is 2.59. The highest BCUT2D eigenvalue weighted by atomic mass is 16.2. The molecule has 0 heterocycles. The summed E-state index contributed by atoms with van der Waals surface area (Å²) in [5, 5.41) is 5.16. The Bertz CT molecular complexity index is 375. The van der Waals surface area contributed by atoms with Crippen LogP contribution in [-0.4, -0.2) is 18.9 Å². The predicted octanol–water partition coefficient (Wildman–Crippen LogP) is 1.81. The van der Waals surface area contributed by atoms with E-state index in [-0.39, 0.29) is 6.03 Å². The molecule has 4 nitrogen and oxygen atoms in total. The van der Waals surface area contributed by atoms with Gasteiger partial charge in [0.15, 0.2) is 0 Å². The molecule has 78 valence electrons. The summed E-state index contributed by atoms with van der Waals surface area (Å²) in [4.78, 5) is 21.7. The number of benzene rings is 1. The second-order valence-corrected chi connectivity index (χ2v) is 2.87. The van der Waals surface area contributed by atoms with Gasteiger partial charge in [0.2, 0.25) is 0 Å². The zero-order valence-electron chi connectivity index (χ0n) is 8.19. The average molecular weight is 204 g/mol. The normalized spacial score (nSPS) is 9.07. The molecule has 0 saturated heterocycles. The lowest BCUT2D eigenvalue weighted by Crippen LogP contribution is -2.28. The number of hydrogen-bond acceptors (Lipinski definition) is 2. The lowest BCUT2D eigenvalue weighted by molar-refractivity contribution is 0.112. The van der Waals surface area contributed by atoms with Crippen molar-refractivity contribution in [1.29, 1.82) is 0 Å². The summed E-state index contributed by atoms with van der Waals surface area (Å²) in [6.07, 6.45) is 2.31. The quantitative estimate of drug-likeness (QED) is 0.580. The van der Waals surface area contributed by atoms with Gasteiger partial charge in [-0.1, -0.05) is 18.2 Å². The maximum absolute atomic E-state index is 11.2. The van der Waals surface area contributed by atoms with Gasteiger partial charge >= 0.3 is 6.03 Å². The van der Waals surface area contributed by atoms with Crippen molar-refractivity contribution in [3.05, 3.63) is 42.5 Å². The Labute approximate surface area is 88.0 Å². The molecule has 0 fully saturated rings. The standard InChI is InChI=1S/C11H12N2O2/c1-2-6-12-11(15)13-10-5-3-4-9(7-10)8-14/h2-5,7-8H,1,6H2,(H2,12,13,15). The first kappa shape index (κ1) is 11.0. The zero-order valence-corrected chi connectivity index (χ0v) is 8.19. The molecule has 2 N–H and O–H groups in total. The number of amides is 2. The summed E-state index contributed by atoms with van der Waals surface area (Å²) in [7, 11) is 0. The van der Waals surface area contributed by atoms with E-state index in [1.165, 1.54) is 0 Å². The van der Waals surface area contributed by atoms with E-state index in [9.17, 15) is 9.59 Å². The van der Waals surface area contributed by atoms with Crippen LogP contribution in [0.15, 0.2) is 36.9 Å². The Kier molecular flexibility index (Phi) is 4.09. The van der Waals surface area contributed by atoms with E-state index in [1.54, 1.807) is 30.3 Å². The molecular weight excluding hydrogens is 192 g/mol. The fourth-order valence-electron chi connectivity index (χ4n) is 1.03. The summed E-state index contributed by atoms with van der Waals surface area (Å²) in [5.74, 6) is 0. The van der Waals surface area contributed by atoms with Crippen molar-refractivity contribution in [1.82, 2.24) is 5.32 Å². The molecule has 1 aromatic rings. The number of nitrogens with one attached hydrogen (secondary N) is 2. The fraction of sp³-hybridized carbons (Fsp3) is 0.0909. The summed E-state index contributed by atoms with van der Waals surface area (Å²) < 4.78 is 0. The molecule has 0 spiro atoms.